The summed E-state index contributed by atoms with van der Waals surface area (Å²) in [7, 11) is 1.55. The highest BCUT2D eigenvalue weighted by Gasteiger charge is 2.35. The number of aromatic nitrogens is 2. The van der Waals surface area contributed by atoms with E-state index in [0.29, 0.717) is 13.0 Å². The highest BCUT2D eigenvalue weighted by Crippen LogP contribution is 2.30. The molecule has 0 aromatic carbocycles. The molecule has 0 spiro atoms. The molecule has 142 valence electrons. The molecule has 0 aliphatic carbocycles. The zero-order valence-corrected chi connectivity index (χ0v) is 15.1. The molecule has 1 aliphatic heterocycles. The van der Waals surface area contributed by atoms with Crippen molar-refractivity contribution in [1.29, 1.82) is 0 Å². The summed E-state index contributed by atoms with van der Waals surface area (Å²) >= 11 is 0. The van der Waals surface area contributed by atoms with Gasteiger partial charge in [0.2, 0.25) is 5.91 Å². The van der Waals surface area contributed by atoms with Crippen LogP contribution in [0.15, 0.2) is 42.7 Å². The second kappa shape index (κ2) is 7.71. The van der Waals surface area contributed by atoms with Crippen LogP contribution in [-0.2, 0) is 9.59 Å². The maximum absolute atomic E-state index is 12.0. The molecule has 2 N–H and O–H groups in total. The van der Waals surface area contributed by atoms with Crippen molar-refractivity contribution in [2.75, 3.05) is 31.6 Å². The van der Waals surface area contributed by atoms with Gasteiger partial charge in [-0.3, -0.25) is 14.8 Å². The fraction of sp³-hybridized carbons (Fsp3) is 0.368. The monoisotopic (exact) mass is 370 g/mol. The van der Waals surface area contributed by atoms with Crippen molar-refractivity contribution in [3.8, 4) is 0 Å². The number of fused-ring (bicyclic) bond motifs is 1. The average Bonchev–Trinajstić information content (AvgIpc) is 2.65. The summed E-state index contributed by atoms with van der Waals surface area (Å²) < 4.78 is 0. The lowest BCUT2D eigenvalue weighted by Gasteiger charge is -2.42. The van der Waals surface area contributed by atoms with Gasteiger partial charge in [-0.25, -0.2) is 4.79 Å². The topological polar surface area (TPSA) is 107 Å². The number of carboxylic acid groups (broad SMARTS) is 1. The van der Waals surface area contributed by atoms with Crippen molar-refractivity contribution in [1.82, 2.24) is 14.9 Å². The number of β-amino-alcohol motifs (C(OH)–C–C–N with tert-alkyl or cyclic N) is 1. The summed E-state index contributed by atoms with van der Waals surface area (Å²) in [6, 6.07) is 5.60. The Balaban J connectivity index is 1.76. The van der Waals surface area contributed by atoms with Crippen molar-refractivity contribution >= 4 is 28.6 Å². The van der Waals surface area contributed by atoms with Crippen molar-refractivity contribution in [2.24, 2.45) is 0 Å². The molecule has 0 unspecified atom stereocenters. The van der Waals surface area contributed by atoms with Crippen LogP contribution < -0.4 is 4.90 Å². The summed E-state index contributed by atoms with van der Waals surface area (Å²) in [6.45, 7) is 1.24. The lowest BCUT2D eigenvalue weighted by atomic mass is 9.91. The molecule has 0 saturated carbocycles. The van der Waals surface area contributed by atoms with Crippen LogP contribution in [-0.4, -0.2) is 69.2 Å². The molecule has 1 atom stereocenters. The van der Waals surface area contributed by atoms with Crippen molar-refractivity contribution in [2.45, 2.75) is 18.4 Å². The molecule has 1 saturated heterocycles. The number of amides is 1. The van der Waals surface area contributed by atoms with Crippen LogP contribution >= 0.6 is 0 Å². The summed E-state index contributed by atoms with van der Waals surface area (Å²) in [6.07, 6.45) is 6.54. The Bertz CT molecular complexity index is 880. The van der Waals surface area contributed by atoms with E-state index in [2.05, 4.69) is 14.9 Å². The Morgan fingerprint density at radius 2 is 2.11 bits per heavy atom. The molecular weight excluding hydrogens is 348 g/mol. The summed E-state index contributed by atoms with van der Waals surface area (Å²) in [5.41, 5.74) is 1.37. The minimum atomic E-state index is -1.18. The van der Waals surface area contributed by atoms with Crippen molar-refractivity contribution < 1.29 is 19.8 Å². The van der Waals surface area contributed by atoms with Gasteiger partial charge in [0.05, 0.1) is 23.3 Å². The van der Waals surface area contributed by atoms with E-state index < -0.39 is 17.5 Å². The summed E-state index contributed by atoms with van der Waals surface area (Å²) in [5, 5.41) is 19.7. The first-order valence-corrected chi connectivity index (χ1v) is 8.71. The summed E-state index contributed by atoms with van der Waals surface area (Å²) in [5.74, 6) is -1.64. The molecular formula is C19H22N4O4. The molecule has 27 heavy (non-hydrogen) atoms. The molecule has 0 bridgehead atoms. The molecule has 3 rings (SSSR count). The van der Waals surface area contributed by atoms with Gasteiger partial charge < -0.3 is 20.0 Å². The number of anilines is 1. The van der Waals surface area contributed by atoms with Crippen LogP contribution in [0.4, 0.5) is 5.69 Å². The predicted octanol–water partition coefficient (Wildman–Crippen LogP) is 1.06. The third-order valence-corrected chi connectivity index (χ3v) is 4.65. The van der Waals surface area contributed by atoms with Crippen LogP contribution in [0.5, 0.6) is 0 Å². The van der Waals surface area contributed by atoms with Gasteiger partial charge >= 0.3 is 5.97 Å². The normalized spacial score (nSPS) is 20.1. The molecule has 8 heteroatoms. The number of rotatable bonds is 5. The zero-order valence-electron chi connectivity index (χ0n) is 15.1. The third-order valence-electron chi connectivity index (χ3n) is 4.65. The summed E-state index contributed by atoms with van der Waals surface area (Å²) in [4.78, 5) is 34.7. The van der Waals surface area contributed by atoms with Gasteiger partial charge in [-0.15, -0.1) is 0 Å². The number of carbonyl (C=O) groups excluding carboxylic acids is 1. The quantitative estimate of drug-likeness (QED) is 0.758. The first-order chi connectivity index (χ1) is 12.9. The molecule has 1 aliphatic rings. The fourth-order valence-electron chi connectivity index (χ4n) is 3.46. The van der Waals surface area contributed by atoms with E-state index >= 15 is 0 Å². The number of aliphatic carboxylic acids is 1. The van der Waals surface area contributed by atoms with E-state index in [1.807, 2.05) is 18.2 Å². The van der Waals surface area contributed by atoms with Gasteiger partial charge in [-0.2, -0.15) is 0 Å². The molecule has 1 amide bonds. The Labute approximate surface area is 156 Å². The van der Waals surface area contributed by atoms with E-state index in [-0.39, 0.29) is 6.54 Å². The first kappa shape index (κ1) is 18.8. The predicted molar refractivity (Wildman–Crippen MR) is 100 cm³/mol. The number of carbonyl (C=O) groups is 2. The highest BCUT2D eigenvalue weighted by atomic mass is 16.4. The number of carboxylic acids is 1. The number of hydrogen-bond acceptors (Lipinski definition) is 6. The van der Waals surface area contributed by atoms with Gasteiger partial charge in [0.15, 0.2) is 0 Å². The standard InChI is InChI=1S/C19H22N4O4/c1-22(16(24)5-6-17(25)26)12-19(27)8-3-11-23(13-19)15-7-10-20-14-4-2-9-21-18(14)15/h2,4-7,9-10,27H,3,8,11-13H2,1H3,(H,25,26)/b6-5+/t19-/m0/s1. The maximum atomic E-state index is 12.0. The maximum Gasteiger partial charge on any atom is 0.328 e. The second-order valence-electron chi connectivity index (χ2n) is 6.82. The molecule has 8 nitrogen and oxygen atoms in total. The molecule has 3 heterocycles. The minimum absolute atomic E-state index is 0.114. The first-order valence-electron chi connectivity index (χ1n) is 8.71. The SMILES string of the molecule is CN(C[C@@]1(O)CCCN(c2ccnc3cccnc23)C1)C(=O)/C=C/C(=O)O. The van der Waals surface area contributed by atoms with E-state index in [9.17, 15) is 14.7 Å². The average molecular weight is 370 g/mol. The van der Waals surface area contributed by atoms with Crippen molar-refractivity contribution in [3.05, 3.63) is 42.7 Å². The number of aliphatic hydroxyl groups is 1. The van der Waals surface area contributed by atoms with Crippen LogP contribution in [0, 0.1) is 0 Å². The van der Waals surface area contributed by atoms with Crippen molar-refractivity contribution in [3.63, 3.8) is 0 Å². The van der Waals surface area contributed by atoms with Gasteiger partial charge in [-0.05, 0) is 31.0 Å². The zero-order chi connectivity index (χ0) is 19.4. The van der Waals surface area contributed by atoms with Crippen LogP contribution in [0.25, 0.3) is 11.0 Å². The third kappa shape index (κ3) is 4.40. The number of piperidine rings is 1. The van der Waals surface area contributed by atoms with E-state index in [1.54, 1.807) is 19.4 Å². The van der Waals surface area contributed by atoms with E-state index in [4.69, 9.17) is 5.11 Å². The molecule has 0 radical (unpaired) electrons. The molecule has 2 aromatic rings. The van der Waals surface area contributed by atoms with Crippen LogP contribution in [0.2, 0.25) is 0 Å². The second-order valence-corrected chi connectivity index (χ2v) is 6.82. The largest absolute Gasteiger partial charge is 0.478 e. The molecule has 1 fully saturated rings. The lowest BCUT2D eigenvalue weighted by Crippen LogP contribution is -2.54. The lowest BCUT2D eigenvalue weighted by molar-refractivity contribution is -0.132. The number of hydrogen-bond donors (Lipinski definition) is 2. The number of likely N-dealkylation sites (N-methyl/N-ethyl adjacent to an activating group) is 1. The Kier molecular flexibility index (Phi) is 5.36. The van der Waals surface area contributed by atoms with Gasteiger partial charge in [0.1, 0.15) is 5.52 Å². The van der Waals surface area contributed by atoms with E-state index in [0.717, 1.165) is 41.8 Å². The minimum Gasteiger partial charge on any atom is -0.478 e. The molecule has 2 aromatic heterocycles. The Morgan fingerprint density at radius 3 is 2.89 bits per heavy atom. The smallest absolute Gasteiger partial charge is 0.328 e. The number of pyridine rings is 2. The van der Waals surface area contributed by atoms with Gasteiger partial charge in [0, 0.05) is 44.7 Å². The van der Waals surface area contributed by atoms with Crippen LogP contribution in [0.1, 0.15) is 12.8 Å². The fourth-order valence-corrected chi connectivity index (χ4v) is 3.46. The Morgan fingerprint density at radius 1 is 1.30 bits per heavy atom. The van der Waals surface area contributed by atoms with Crippen LogP contribution in [0.3, 0.4) is 0 Å². The Hall–Kier alpha value is -3.00. The van der Waals surface area contributed by atoms with E-state index in [1.165, 1.54) is 4.90 Å². The highest BCUT2D eigenvalue weighted by molar-refractivity contribution is 5.93. The van der Waals surface area contributed by atoms with Gasteiger partial charge in [0.25, 0.3) is 0 Å². The van der Waals surface area contributed by atoms with Gasteiger partial charge in [-0.1, -0.05) is 0 Å². The number of nitrogens with zero attached hydrogens (tertiary/aromatic N) is 4.